The van der Waals surface area contributed by atoms with Crippen LogP contribution < -0.4 is 10.6 Å². The second-order valence-electron chi connectivity index (χ2n) is 4.94. The molecule has 0 aliphatic rings. The quantitative estimate of drug-likeness (QED) is 0.607. The number of amides is 1. The minimum Gasteiger partial charge on any atom is -0.381 e. The van der Waals surface area contributed by atoms with Gasteiger partial charge in [0.05, 0.1) is 5.70 Å². The van der Waals surface area contributed by atoms with Gasteiger partial charge >= 0.3 is 0 Å². The Morgan fingerprint density at radius 1 is 1.25 bits per heavy atom. The summed E-state index contributed by atoms with van der Waals surface area (Å²) in [6.45, 7) is 9.69. The van der Waals surface area contributed by atoms with E-state index in [1.807, 2.05) is 34.6 Å². The Hall–Kier alpha value is -0.410. The van der Waals surface area contributed by atoms with Crippen molar-refractivity contribution in [3.8, 4) is 0 Å². The summed E-state index contributed by atoms with van der Waals surface area (Å²) in [6.07, 6.45) is 1.40. The first kappa shape index (κ1) is 15.6. The number of halogens is 2. The van der Waals surface area contributed by atoms with Crippen molar-refractivity contribution in [3.05, 3.63) is 11.8 Å². The minimum atomic E-state index is -0.739. The molecule has 0 saturated heterocycles. The van der Waals surface area contributed by atoms with E-state index in [0.717, 1.165) is 0 Å². The molecule has 3 nitrogen and oxygen atoms in total. The third-order valence-electron chi connectivity index (χ3n) is 1.47. The highest BCUT2D eigenvalue weighted by atomic mass is 35.5. The predicted octanol–water partition coefficient (Wildman–Crippen LogP) is 2.59. The first-order chi connectivity index (χ1) is 7.11. The van der Waals surface area contributed by atoms with Gasteiger partial charge in [-0.3, -0.25) is 4.79 Å². The summed E-state index contributed by atoms with van der Waals surface area (Å²) in [5.74, 6) is -0.201. The molecule has 0 fully saturated rings. The summed E-state index contributed by atoms with van der Waals surface area (Å²) in [6, 6.07) is 0.0868. The Morgan fingerprint density at radius 3 is 2.06 bits per heavy atom. The Kier molecular flexibility index (Phi) is 6.19. The third-order valence-corrected chi connectivity index (χ3v) is 1.94. The molecule has 2 N–H and O–H groups in total. The van der Waals surface area contributed by atoms with Crippen LogP contribution in [0.15, 0.2) is 11.8 Å². The van der Waals surface area contributed by atoms with E-state index in [9.17, 15) is 4.79 Å². The van der Waals surface area contributed by atoms with Gasteiger partial charge in [-0.1, -0.05) is 23.2 Å². The molecule has 1 amide bonds. The lowest BCUT2D eigenvalue weighted by Gasteiger charge is -2.25. The van der Waals surface area contributed by atoms with Crippen LogP contribution in [0.2, 0.25) is 0 Å². The van der Waals surface area contributed by atoms with Crippen LogP contribution in [0.3, 0.4) is 0 Å². The number of allylic oxidation sites excluding steroid dienone is 1. The van der Waals surface area contributed by atoms with Gasteiger partial charge in [0.25, 0.3) is 0 Å². The van der Waals surface area contributed by atoms with E-state index in [0.29, 0.717) is 5.70 Å². The van der Waals surface area contributed by atoms with Gasteiger partial charge in [0, 0.05) is 17.7 Å². The first-order valence-electron chi connectivity index (χ1n) is 5.20. The summed E-state index contributed by atoms with van der Waals surface area (Å²) in [4.78, 5) is 10.8. The summed E-state index contributed by atoms with van der Waals surface area (Å²) in [5.41, 5.74) is 0.320. The standard InChI is InChI=1S/C11H20Cl2N2O/c1-7(2)14-9(16)6-8(10(12)13)15-11(3,4)5/h6-7,10,15H,1-5H3,(H,14,16)/b8-6+. The molecular weight excluding hydrogens is 247 g/mol. The zero-order valence-electron chi connectivity index (χ0n) is 10.4. The highest BCUT2D eigenvalue weighted by Crippen LogP contribution is 2.15. The molecule has 0 atom stereocenters. The van der Waals surface area contributed by atoms with Gasteiger partial charge in [0.2, 0.25) is 5.91 Å². The minimum absolute atomic E-state index is 0.0868. The normalized spacial score (nSPS) is 13.2. The molecule has 0 aliphatic carbocycles. The van der Waals surface area contributed by atoms with E-state index in [1.54, 1.807) is 0 Å². The first-order valence-corrected chi connectivity index (χ1v) is 6.07. The maximum Gasteiger partial charge on any atom is 0.246 e. The summed E-state index contributed by atoms with van der Waals surface area (Å²) in [5, 5.41) is 5.84. The molecule has 5 heteroatoms. The largest absolute Gasteiger partial charge is 0.381 e. The van der Waals surface area contributed by atoms with Crippen molar-refractivity contribution in [2.75, 3.05) is 0 Å². The molecule has 0 unspecified atom stereocenters. The highest BCUT2D eigenvalue weighted by molar-refractivity contribution is 6.46. The lowest BCUT2D eigenvalue weighted by atomic mass is 10.1. The van der Waals surface area contributed by atoms with Crippen LogP contribution >= 0.6 is 23.2 Å². The molecule has 94 valence electrons. The van der Waals surface area contributed by atoms with Gasteiger partial charge in [-0.25, -0.2) is 0 Å². The van der Waals surface area contributed by atoms with Gasteiger partial charge < -0.3 is 10.6 Å². The molecule has 0 rings (SSSR count). The van der Waals surface area contributed by atoms with Crippen LogP contribution in [0.1, 0.15) is 34.6 Å². The second-order valence-corrected chi connectivity index (χ2v) is 6.03. The van der Waals surface area contributed by atoms with Crippen LogP contribution in [0.5, 0.6) is 0 Å². The molecule has 0 aromatic rings. The van der Waals surface area contributed by atoms with Crippen molar-refractivity contribution in [2.45, 2.75) is 51.0 Å². The molecule has 0 bridgehead atoms. The molecule has 0 radical (unpaired) electrons. The maximum atomic E-state index is 11.5. The van der Waals surface area contributed by atoms with Crippen molar-refractivity contribution < 1.29 is 4.79 Å². The molecule has 16 heavy (non-hydrogen) atoms. The van der Waals surface area contributed by atoms with Crippen molar-refractivity contribution in [2.24, 2.45) is 0 Å². The Bertz CT molecular complexity index is 268. The van der Waals surface area contributed by atoms with Gasteiger partial charge in [0.1, 0.15) is 4.84 Å². The van der Waals surface area contributed by atoms with Crippen LogP contribution in [-0.2, 0) is 4.79 Å². The van der Waals surface area contributed by atoms with E-state index in [2.05, 4.69) is 10.6 Å². The number of rotatable bonds is 4. The fourth-order valence-corrected chi connectivity index (χ4v) is 1.29. The Labute approximate surface area is 108 Å². The average Bonchev–Trinajstić information content (AvgIpc) is 1.97. The Morgan fingerprint density at radius 2 is 1.75 bits per heavy atom. The van der Waals surface area contributed by atoms with Crippen molar-refractivity contribution in [1.82, 2.24) is 10.6 Å². The summed E-state index contributed by atoms with van der Waals surface area (Å²) < 4.78 is 0. The van der Waals surface area contributed by atoms with Gasteiger partial charge in [0.15, 0.2) is 0 Å². The molecule has 0 aliphatic heterocycles. The highest BCUT2D eigenvalue weighted by Gasteiger charge is 2.17. The van der Waals surface area contributed by atoms with Crippen LogP contribution in [0.4, 0.5) is 0 Å². The van der Waals surface area contributed by atoms with E-state index < -0.39 is 4.84 Å². The second kappa shape index (κ2) is 6.36. The van der Waals surface area contributed by atoms with E-state index >= 15 is 0 Å². The van der Waals surface area contributed by atoms with Crippen LogP contribution in [0.25, 0.3) is 0 Å². The molecule has 0 heterocycles. The van der Waals surface area contributed by atoms with Gasteiger partial charge in [-0.2, -0.15) is 0 Å². The van der Waals surface area contributed by atoms with E-state index in [4.69, 9.17) is 23.2 Å². The van der Waals surface area contributed by atoms with Crippen LogP contribution in [-0.4, -0.2) is 22.3 Å². The predicted molar refractivity (Wildman–Crippen MR) is 69.7 cm³/mol. The fourth-order valence-electron chi connectivity index (χ4n) is 1.05. The zero-order valence-corrected chi connectivity index (χ0v) is 11.9. The maximum absolute atomic E-state index is 11.5. The summed E-state index contributed by atoms with van der Waals surface area (Å²) >= 11 is 11.6. The van der Waals surface area contributed by atoms with Crippen molar-refractivity contribution in [3.63, 3.8) is 0 Å². The number of alkyl halides is 2. The van der Waals surface area contributed by atoms with E-state index in [-0.39, 0.29) is 17.5 Å². The number of nitrogens with one attached hydrogen (secondary N) is 2. The molecule has 0 saturated carbocycles. The topological polar surface area (TPSA) is 41.1 Å². The SMILES string of the molecule is CC(C)NC(=O)/C=C(/NC(C)(C)C)C(Cl)Cl. The number of carbonyl (C=O) groups is 1. The zero-order chi connectivity index (χ0) is 12.9. The number of carbonyl (C=O) groups excluding carboxylic acids is 1. The third kappa shape index (κ3) is 7.83. The summed E-state index contributed by atoms with van der Waals surface area (Å²) in [7, 11) is 0. The fraction of sp³-hybridized carbons (Fsp3) is 0.727. The van der Waals surface area contributed by atoms with Crippen molar-refractivity contribution >= 4 is 29.1 Å². The Balaban J connectivity index is 4.65. The van der Waals surface area contributed by atoms with Crippen LogP contribution in [0, 0.1) is 0 Å². The molecular formula is C11H20Cl2N2O. The van der Waals surface area contributed by atoms with Gasteiger partial charge in [-0.15, -0.1) is 0 Å². The monoisotopic (exact) mass is 266 g/mol. The average molecular weight is 267 g/mol. The van der Waals surface area contributed by atoms with Crippen molar-refractivity contribution in [1.29, 1.82) is 0 Å². The number of hydrogen-bond acceptors (Lipinski definition) is 2. The molecule has 0 spiro atoms. The van der Waals surface area contributed by atoms with Gasteiger partial charge in [-0.05, 0) is 34.6 Å². The lowest BCUT2D eigenvalue weighted by molar-refractivity contribution is -0.117. The number of hydrogen-bond donors (Lipinski definition) is 2. The molecule has 0 aromatic carbocycles. The van der Waals surface area contributed by atoms with E-state index in [1.165, 1.54) is 6.08 Å². The smallest absolute Gasteiger partial charge is 0.246 e. The lowest BCUT2D eigenvalue weighted by Crippen LogP contribution is -2.38. The molecule has 0 aromatic heterocycles.